The smallest absolute Gasteiger partial charge is 0.338 e. The molecule has 0 saturated carbocycles. The second kappa shape index (κ2) is 10.4. The van der Waals surface area contributed by atoms with Crippen LogP contribution >= 0.6 is 11.8 Å². The fourth-order valence-corrected chi connectivity index (χ4v) is 5.00. The van der Waals surface area contributed by atoms with E-state index < -0.39 is 0 Å². The maximum Gasteiger partial charge on any atom is 0.338 e. The molecule has 0 spiro atoms. The van der Waals surface area contributed by atoms with Crippen LogP contribution in [-0.4, -0.2) is 35.6 Å². The summed E-state index contributed by atoms with van der Waals surface area (Å²) < 4.78 is 5.18. The SMILES string of the molecule is CCC1=C(C(=O)OC)C(c2ccc(C)cc2C)N2C(CC(=O)NCCC(C)C)=CSC2=N1. The van der Waals surface area contributed by atoms with Crippen LogP contribution in [0.1, 0.15) is 62.8 Å². The molecule has 1 N–H and O–H groups in total. The van der Waals surface area contributed by atoms with Gasteiger partial charge >= 0.3 is 5.97 Å². The number of allylic oxidation sites excluding steroid dienone is 1. The number of carbonyl (C=O) groups is 2. The first-order valence-electron chi connectivity index (χ1n) is 11.2. The van der Waals surface area contributed by atoms with Gasteiger partial charge in [0.05, 0.1) is 30.8 Å². The molecular formula is C25H33N3O3S. The van der Waals surface area contributed by atoms with Gasteiger partial charge in [-0.15, -0.1) is 0 Å². The zero-order chi connectivity index (χ0) is 23.4. The lowest BCUT2D eigenvalue weighted by atomic mass is 9.89. The highest BCUT2D eigenvalue weighted by Crippen LogP contribution is 2.46. The molecule has 7 heteroatoms. The highest BCUT2D eigenvalue weighted by atomic mass is 32.2. The van der Waals surface area contributed by atoms with Crippen LogP contribution in [0.15, 0.2) is 45.6 Å². The fraction of sp³-hybridized carbons (Fsp3) is 0.480. The van der Waals surface area contributed by atoms with E-state index in [1.54, 1.807) is 0 Å². The van der Waals surface area contributed by atoms with Crippen LogP contribution < -0.4 is 5.32 Å². The number of rotatable bonds is 8. The van der Waals surface area contributed by atoms with E-state index in [0.29, 0.717) is 24.5 Å². The summed E-state index contributed by atoms with van der Waals surface area (Å²) in [5, 5.41) is 5.79. The lowest BCUT2D eigenvalue weighted by Gasteiger charge is -2.37. The third-order valence-electron chi connectivity index (χ3n) is 5.73. The van der Waals surface area contributed by atoms with Crippen LogP contribution in [0.2, 0.25) is 0 Å². The Bertz CT molecular complexity index is 994. The molecule has 0 bridgehead atoms. The summed E-state index contributed by atoms with van der Waals surface area (Å²) in [6.07, 6.45) is 1.80. The fourth-order valence-electron chi connectivity index (χ4n) is 4.07. The van der Waals surface area contributed by atoms with Gasteiger partial charge in [0.2, 0.25) is 5.91 Å². The van der Waals surface area contributed by atoms with Crippen molar-refractivity contribution in [1.82, 2.24) is 10.2 Å². The number of aliphatic imine (C=N–C) groups is 1. The minimum atomic E-state index is -0.382. The van der Waals surface area contributed by atoms with Crippen molar-refractivity contribution >= 4 is 28.8 Å². The predicted octanol–water partition coefficient (Wildman–Crippen LogP) is 4.99. The largest absolute Gasteiger partial charge is 0.466 e. The number of amides is 1. The maximum absolute atomic E-state index is 12.9. The van der Waals surface area contributed by atoms with E-state index in [1.165, 1.54) is 18.9 Å². The quantitative estimate of drug-likeness (QED) is 0.559. The van der Waals surface area contributed by atoms with Crippen molar-refractivity contribution in [3.05, 3.63) is 57.3 Å². The van der Waals surface area contributed by atoms with Gasteiger partial charge in [-0.3, -0.25) is 4.79 Å². The van der Waals surface area contributed by atoms with Crippen molar-refractivity contribution in [2.45, 2.75) is 59.9 Å². The molecule has 1 aromatic carbocycles. The third-order valence-corrected chi connectivity index (χ3v) is 6.62. The molecule has 1 amide bonds. The van der Waals surface area contributed by atoms with E-state index >= 15 is 0 Å². The summed E-state index contributed by atoms with van der Waals surface area (Å²) in [6, 6.07) is 5.86. The highest BCUT2D eigenvalue weighted by molar-refractivity contribution is 8.16. The van der Waals surface area contributed by atoms with Gasteiger partial charge in [-0.1, -0.05) is 56.3 Å². The number of ether oxygens (including phenoxy) is 1. The number of hydrogen-bond acceptors (Lipinski definition) is 6. The van der Waals surface area contributed by atoms with E-state index in [9.17, 15) is 9.59 Å². The minimum Gasteiger partial charge on any atom is -0.466 e. The normalized spacial score (nSPS) is 17.8. The summed E-state index contributed by atoms with van der Waals surface area (Å²) >= 11 is 1.50. The van der Waals surface area contributed by atoms with Crippen LogP contribution in [0.5, 0.6) is 0 Å². The summed E-state index contributed by atoms with van der Waals surface area (Å²) in [5.41, 5.74) is 5.38. The molecule has 2 aliphatic heterocycles. The van der Waals surface area contributed by atoms with Crippen LogP contribution in [0.3, 0.4) is 0 Å². The van der Waals surface area contributed by atoms with Crippen molar-refractivity contribution in [3.8, 4) is 0 Å². The number of carbonyl (C=O) groups excluding carboxylic acids is 2. The Morgan fingerprint density at radius 2 is 2.03 bits per heavy atom. The van der Waals surface area contributed by atoms with E-state index in [-0.39, 0.29) is 24.3 Å². The first-order valence-corrected chi connectivity index (χ1v) is 12.0. The number of nitrogens with zero attached hydrogens (tertiary/aromatic N) is 2. The Labute approximate surface area is 195 Å². The van der Waals surface area contributed by atoms with Gasteiger partial charge in [0.25, 0.3) is 0 Å². The van der Waals surface area contributed by atoms with Gasteiger partial charge in [-0.25, -0.2) is 9.79 Å². The standard InChI is InChI=1S/C25H33N3O3S/c1-7-20-22(24(30)31-6)23(19-9-8-16(4)12-17(19)5)28-18(14-32-25(28)27-20)13-21(29)26-11-10-15(2)3/h8-9,12,14-15,23H,7,10-11,13H2,1-6H3,(H,26,29). The highest BCUT2D eigenvalue weighted by Gasteiger charge is 2.41. The molecule has 1 unspecified atom stereocenters. The zero-order valence-corrected chi connectivity index (χ0v) is 20.6. The molecule has 0 aromatic heterocycles. The number of esters is 1. The molecule has 1 aromatic rings. The van der Waals surface area contributed by atoms with E-state index in [0.717, 1.165) is 39.7 Å². The molecule has 32 heavy (non-hydrogen) atoms. The number of aryl methyl sites for hydroxylation is 2. The lowest BCUT2D eigenvalue weighted by molar-refractivity contribution is -0.136. The van der Waals surface area contributed by atoms with Crippen molar-refractivity contribution in [2.24, 2.45) is 10.9 Å². The monoisotopic (exact) mass is 455 g/mol. The molecule has 2 heterocycles. The predicted molar refractivity (Wildman–Crippen MR) is 130 cm³/mol. The number of hydrogen-bond donors (Lipinski definition) is 1. The third kappa shape index (κ3) is 5.09. The maximum atomic E-state index is 12.9. The number of fused-ring (bicyclic) bond motifs is 1. The summed E-state index contributed by atoms with van der Waals surface area (Å²) in [5.74, 6) is 0.127. The first-order chi connectivity index (χ1) is 15.3. The Kier molecular flexibility index (Phi) is 7.82. The second-order valence-corrected chi connectivity index (χ2v) is 9.51. The first kappa shape index (κ1) is 24.1. The number of amidine groups is 1. The summed E-state index contributed by atoms with van der Waals surface area (Å²) in [6.45, 7) is 11.0. The average Bonchev–Trinajstić information content (AvgIpc) is 3.14. The van der Waals surface area contributed by atoms with Gasteiger partial charge in [0, 0.05) is 12.2 Å². The van der Waals surface area contributed by atoms with Crippen LogP contribution in [0, 0.1) is 19.8 Å². The lowest BCUT2D eigenvalue weighted by Crippen LogP contribution is -2.38. The summed E-state index contributed by atoms with van der Waals surface area (Å²) in [4.78, 5) is 32.4. The number of nitrogens with one attached hydrogen (secondary N) is 1. The Hall–Kier alpha value is -2.54. The van der Waals surface area contributed by atoms with Crippen molar-refractivity contribution in [1.29, 1.82) is 0 Å². The molecular weight excluding hydrogens is 422 g/mol. The Balaban J connectivity index is 1.99. The van der Waals surface area contributed by atoms with E-state index in [4.69, 9.17) is 9.73 Å². The zero-order valence-electron chi connectivity index (χ0n) is 19.8. The second-order valence-electron chi connectivity index (χ2n) is 8.67. The van der Waals surface area contributed by atoms with E-state index in [2.05, 4.69) is 51.2 Å². The van der Waals surface area contributed by atoms with Crippen LogP contribution in [0.4, 0.5) is 0 Å². The van der Waals surface area contributed by atoms with Crippen molar-refractivity contribution < 1.29 is 14.3 Å². The number of methoxy groups -OCH3 is 1. The average molecular weight is 456 g/mol. The molecule has 0 saturated heterocycles. The van der Waals surface area contributed by atoms with Crippen molar-refractivity contribution in [2.75, 3.05) is 13.7 Å². The molecule has 0 fully saturated rings. The van der Waals surface area contributed by atoms with E-state index in [1.807, 2.05) is 17.2 Å². The Morgan fingerprint density at radius 3 is 2.66 bits per heavy atom. The minimum absolute atomic E-state index is 0.0250. The van der Waals surface area contributed by atoms with Crippen molar-refractivity contribution in [3.63, 3.8) is 0 Å². The topological polar surface area (TPSA) is 71.0 Å². The Morgan fingerprint density at radius 1 is 1.28 bits per heavy atom. The van der Waals surface area contributed by atoms with Gasteiger partial charge in [-0.2, -0.15) is 0 Å². The molecule has 3 rings (SSSR count). The number of thioether (sulfide) groups is 1. The molecule has 1 atom stereocenters. The molecule has 172 valence electrons. The van der Waals surface area contributed by atoms with Gasteiger partial charge in [0.15, 0.2) is 5.17 Å². The molecule has 6 nitrogen and oxygen atoms in total. The van der Waals surface area contributed by atoms with Gasteiger partial charge in [-0.05, 0) is 49.1 Å². The molecule has 2 aliphatic rings. The molecule has 0 aliphatic carbocycles. The van der Waals surface area contributed by atoms with Gasteiger partial charge < -0.3 is 15.0 Å². The molecule has 0 radical (unpaired) electrons. The van der Waals surface area contributed by atoms with Crippen LogP contribution in [0.25, 0.3) is 0 Å². The summed E-state index contributed by atoms with van der Waals surface area (Å²) in [7, 11) is 1.40. The van der Waals surface area contributed by atoms with Crippen LogP contribution in [-0.2, 0) is 14.3 Å². The number of benzene rings is 1. The van der Waals surface area contributed by atoms with Gasteiger partial charge in [0.1, 0.15) is 0 Å².